The number of carbonyl (C=O) groups is 1. The molecular weight excluding hydrogens is 303 g/mol. The summed E-state index contributed by atoms with van der Waals surface area (Å²) in [5.41, 5.74) is 0.573. The maximum Gasteiger partial charge on any atom is 0.219 e. The van der Waals surface area contributed by atoms with Crippen molar-refractivity contribution in [3.8, 4) is 0 Å². The molecule has 0 N–H and O–H groups in total. The van der Waals surface area contributed by atoms with Crippen LogP contribution in [0.4, 0.5) is 4.39 Å². The molecule has 2 heterocycles. The van der Waals surface area contributed by atoms with Crippen LogP contribution in [0.25, 0.3) is 0 Å². The maximum atomic E-state index is 14.0. The van der Waals surface area contributed by atoms with Crippen molar-refractivity contribution in [3.63, 3.8) is 0 Å². The third-order valence-electron chi connectivity index (χ3n) is 4.98. The second kappa shape index (κ2) is 6.55. The Labute approximate surface area is 136 Å². The van der Waals surface area contributed by atoms with Gasteiger partial charge in [0.15, 0.2) is 0 Å². The molecule has 5 heteroatoms. The van der Waals surface area contributed by atoms with E-state index in [1.54, 1.807) is 19.1 Å². The number of likely N-dealkylation sites (tertiary alicyclic amines) is 2. The normalized spacial score (nSPS) is 25.9. The van der Waals surface area contributed by atoms with Gasteiger partial charge in [-0.2, -0.15) is 0 Å². The summed E-state index contributed by atoms with van der Waals surface area (Å²) >= 11 is 6.16. The first-order valence-electron chi connectivity index (χ1n) is 8.02. The van der Waals surface area contributed by atoms with Gasteiger partial charge in [-0.25, -0.2) is 4.39 Å². The summed E-state index contributed by atoms with van der Waals surface area (Å²) in [6.07, 6.45) is 4.28. The van der Waals surface area contributed by atoms with Crippen molar-refractivity contribution in [2.45, 2.75) is 51.2 Å². The quantitative estimate of drug-likeness (QED) is 0.850. The number of amides is 1. The maximum absolute atomic E-state index is 14.0. The number of rotatable bonds is 3. The minimum Gasteiger partial charge on any atom is -0.338 e. The van der Waals surface area contributed by atoms with Gasteiger partial charge in [-0.3, -0.25) is 9.69 Å². The third-order valence-corrected chi connectivity index (χ3v) is 5.34. The number of carbonyl (C=O) groups excluding carboxylic acids is 1. The Morgan fingerprint density at radius 1 is 1.27 bits per heavy atom. The fourth-order valence-electron chi connectivity index (χ4n) is 3.95. The lowest BCUT2D eigenvalue weighted by Gasteiger charge is -2.34. The van der Waals surface area contributed by atoms with Crippen LogP contribution in [0.15, 0.2) is 18.2 Å². The van der Waals surface area contributed by atoms with E-state index in [1.165, 1.54) is 6.07 Å². The average Bonchev–Trinajstić information content (AvgIpc) is 3.11. The Morgan fingerprint density at radius 3 is 2.73 bits per heavy atom. The highest BCUT2D eigenvalue weighted by atomic mass is 35.5. The summed E-state index contributed by atoms with van der Waals surface area (Å²) in [6.45, 7) is 3.96. The van der Waals surface area contributed by atoms with Crippen molar-refractivity contribution in [2.24, 2.45) is 0 Å². The molecule has 2 fully saturated rings. The van der Waals surface area contributed by atoms with Crippen molar-refractivity contribution in [1.82, 2.24) is 9.80 Å². The van der Waals surface area contributed by atoms with Gasteiger partial charge in [-0.15, -0.1) is 0 Å². The summed E-state index contributed by atoms with van der Waals surface area (Å²) in [7, 11) is 0. The molecule has 0 aromatic heterocycles. The summed E-state index contributed by atoms with van der Waals surface area (Å²) in [4.78, 5) is 16.1. The van der Waals surface area contributed by atoms with E-state index in [2.05, 4.69) is 4.90 Å². The van der Waals surface area contributed by atoms with Crippen LogP contribution in [0.1, 0.15) is 38.2 Å². The van der Waals surface area contributed by atoms with Gasteiger partial charge in [0.2, 0.25) is 5.91 Å². The fraction of sp³-hybridized carbons (Fsp3) is 0.588. The number of hydrogen-bond donors (Lipinski definition) is 0. The van der Waals surface area contributed by atoms with Crippen LogP contribution in [0.5, 0.6) is 0 Å². The van der Waals surface area contributed by atoms with Gasteiger partial charge < -0.3 is 4.90 Å². The van der Waals surface area contributed by atoms with E-state index in [-0.39, 0.29) is 17.8 Å². The molecule has 2 aliphatic heterocycles. The minimum absolute atomic E-state index is 0.151. The summed E-state index contributed by atoms with van der Waals surface area (Å²) in [5.74, 6) is -0.0914. The number of halogens is 2. The topological polar surface area (TPSA) is 23.6 Å². The van der Waals surface area contributed by atoms with Crippen LogP contribution < -0.4 is 0 Å². The lowest BCUT2D eigenvalue weighted by atomic mass is 10.0. The Bertz CT molecular complexity index is 545. The molecule has 2 aliphatic rings. The Morgan fingerprint density at radius 2 is 2.00 bits per heavy atom. The second-order valence-electron chi connectivity index (χ2n) is 6.30. The van der Waals surface area contributed by atoms with E-state index in [9.17, 15) is 9.18 Å². The smallest absolute Gasteiger partial charge is 0.219 e. The molecule has 22 heavy (non-hydrogen) atoms. The van der Waals surface area contributed by atoms with Gasteiger partial charge in [0.1, 0.15) is 5.82 Å². The van der Waals surface area contributed by atoms with E-state index in [0.29, 0.717) is 23.2 Å². The Balaban J connectivity index is 1.77. The highest BCUT2D eigenvalue weighted by molar-refractivity contribution is 6.31. The van der Waals surface area contributed by atoms with Crippen LogP contribution in [0.3, 0.4) is 0 Å². The number of benzene rings is 1. The molecule has 3 rings (SSSR count). The first kappa shape index (κ1) is 15.8. The summed E-state index contributed by atoms with van der Waals surface area (Å²) in [5, 5.41) is 0.487. The van der Waals surface area contributed by atoms with E-state index >= 15 is 0 Å². The van der Waals surface area contributed by atoms with Crippen LogP contribution in [0, 0.1) is 5.82 Å². The third kappa shape index (κ3) is 2.99. The van der Waals surface area contributed by atoms with Gasteiger partial charge in [0.05, 0.1) is 0 Å². The first-order chi connectivity index (χ1) is 10.6. The van der Waals surface area contributed by atoms with Gasteiger partial charge in [0, 0.05) is 42.7 Å². The standard InChI is InChI=1S/C17H22ClFN2O/c1-12(22)21-10-4-8-17(21)16-7-3-9-20(16)11-13-14(18)5-2-6-15(13)19/h2,5-6,16-17H,3-4,7-11H2,1H3/t16-,17-/m1/s1. The Kier molecular flexibility index (Phi) is 4.69. The zero-order valence-corrected chi connectivity index (χ0v) is 13.7. The van der Waals surface area contributed by atoms with Crippen molar-refractivity contribution < 1.29 is 9.18 Å². The molecule has 0 bridgehead atoms. The second-order valence-corrected chi connectivity index (χ2v) is 6.71. The van der Waals surface area contributed by atoms with Crippen LogP contribution in [-0.4, -0.2) is 40.9 Å². The molecule has 0 radical (unpaired) electrons. The van der Waals surface area contributed by atoms with E-state index < -0.39 is 0 Å². The predicted octanol–water partition coefficient (Wildman–Crippen LogP) is 3.45. The van der Waals surface area contributed by atoms with E-state index in [1.807, 2.05) is 4.90 Å². The highest BCUT2D eigenvalue weighted by Gasteiger charge is 2.38. The molecule has 0 aliphatic carbocycles. The van der Waals surface area contributed by atoms with E-state index in [4.69, 9.17) is 11.6 Å². The monoisotopic (exact) mass is 324 g/mol. The molecule has 2 saturated heterocycles. The van der Waals surface area contributed by atoms with Gasteiger partial charge in [0.25, 0.3) is 0 Å². The lowest BCUT2D eigenvalue weighted by molar-refractivity contribution is -0.130. The van der Waals surface area contributed by atoms with Crippen molar-refractivity contribution in [3.05, 3.63) is 34.6 Å². The summed E-state index contributed by atoms with van der Waals surface area (Å²) in [6, 6.07) is 5.43. The molecule has 1 amide bonds. The molecule has 120 valence electrons. The molecule has 1 aromatic rings. The van der Waals surface area contributed by atoms with Crippen molar-refractivity contribution >= 4 is 17.5 Å². The number of hydrogen-bond acceptors (Lipinski definition) is 2. The molecular formula is C17H22ClFN2O. The summed E-state index contributed by atoms with van der Waals surface area (Å²) < 4.78 is 14.0. The average molecular weight is 325 g/mol. The zero-order chi connectivity index (χ0) is 15.7. The van der Waals surface area contributed by atoms with Gasteiger partial charge in [-0.1, -0.05) is 17.7 Å². The predicted molar refractivity (Wildman–Crippen MR) is 85.3 cm³/mol. The molecule has 0 spiro atoms. The fourth-order valence-corrected chi connectivity index (χ4v) is 4.18. The highest BCUT2D eigenvalue weighted by Crippen LogP contribution is 2.32. The van der Waals surface area contributed by atoms with Crippen molar-refractivity contribution in [1.29, 1.82) is 0 Å². The number of nitrogens with zero attached hydrogens (tertiary/aromatic N) is 2. The molecule has 2 atom stereocenters. The molecule has 3 nitrogen and oxygen atoms in total. The van der Waals surface area contributed by atoms with Gasteiger partial charge >= 0.3 is 0 Å². The zero-order valence-electron chi connectivity index (χ0n) is 12.9. The lowest BCUT2D eigenvalue weighted by Crippen LogP contribution is -2.47. The van der Waals surface area contributed by atoms with Crippen LogP contribution in [0.2, 0.25) is 5.02 Å². The van der Waals surface area contributed by atoms with Gasteiger partial charge in [-0.05, 0) is 44.4 Å². The molecule has 0 saturated carbocycles. The van der Waals surface area contributed by atoms with E-state index in [0.717, 1.165) is 38.8 Å². The minimum atomic E-state index is -0.243. The van der Waals surface area contributed by atoms with Crippen LogP contribution >= 0.6 is 11.6 Å². The molecule has 0 unspecified atom stereocenters. The SMILES string of the molecule is CC(=O)N1CCC[C@@H]1[C@H]1CCCN1Cc1c(F)cccc1Cl. The molecule has 1 aromatic carbocycles. The largest absolute Gasteiger partial charge is 0.338 e. The Hall–Kier alpha value is -1.13. The van der Waals surface area contributed by atoms with Crippen LogP contribution in [-0.2, 0) is 11.3 Å². The van der Waals surface area contributed by atoms with Crippen molar-refractivity contribution in [2.75, 3.05) is 13.1 Å². The first-order valence-corrected chi connectivity index (χ1v) is 8.40.